The van der Waals surface area contributed by atoms with Gasteiger partial charge in [-0.1, -0.05) is 5.16 Å². The third kappa shape index (κ3) is 2.66. The lowest BCUT2D eigenvalue weighted by Crippen LogP contribution is -2.04. The SMILES string of the molecule is COc1ccc(N)c(NCc2noc(C)n2)c1. The van der Waals surface area contributed by atoms with Crippen LogP contribution in [0.4, 0.5) is 11.4 Å². The zero-order valence-corrected chi connectivity index (χ0v) is 9.73. The van der Waals surface area contributed by atoms with Crippen molar-refractivity contribution in [2.75, 3.05) is 18.2 Å². The van der Waals surface area contributed by atoms with E-state index in [1.54, 1.807) is 26.2 Å². The van der Waals surface area contributed by atoms with E-state index in [0.29, 0.717) is 23.9 Å². The van der Waals surface area contributed by atoms with Crippen molar-refractivity contribution in [1.29, 1.82) is 0 Å². The number of rotatable bonds is 4. The molecule has 0 amide bonds. The number of benzene rings is 1. The zero-order chi connectivity index (χ0) is 12.3. The van der Waals surface area contributed by atoms with Crippen molar-refractivity contribution in [2.24, 2.45) is 0 Å². The number of nitrogens with zero attached hydrogens (tertiary/aromatic N) is 2. The van der Waals surface area contributed by atoms with Crippen molar-refractivity contribution in [3.05, 3.63) is 29.9 Å². The third-order valence-electron chi connectivity index (χ3n) is 2.27. The molecule has 2 rings (SSSR count). The lowest BCUT2D eigenvalue weighted by molar-refractivity contribution is 0.388. The Morgan fingerprint density at radius 1 is 1.47 bits per heavy atom. The first kappa shape index (κ1) is 11.3. The fraction of sp³-hybridized carbons (Fsp3) is 0.273. The molecule has 6 heteroatoms. The molecule has 90 valence electrons. The number of methoxy groups -OCH3 is 1. The van der Waals surface area contributed by atoms with E-state index >= 15 is 0 Å². The minimum absolute atomic E-state index is 0.453. The van der Waals surface area contributed by atoms with Crippen LogP contribution in [0.1, 0.15) is 11.7 Å². The molecule has 6 nitrogen and oxygen atoms in total. The van der Waals surface area contributed by atoms with Crippen LogP contribution < -0.4 is 15.8 Å². The van der Waals surface area contributed by atoms with Crippen LogP contribution in [0.3, 0.4) is 0 Å². The molecule has 1 heterocycles. The normalized spacial score (nSPS) is 10.2. The lowest BCUT2D eigenvalue weighted by atomic mass is 10.2. The van der Waals surface area contributed by atoms with E-state index in [1.165, 1.54) is 0 Å². The molecule has 0 bridgehead atoms. The largest absolute Gasteiger partial charge is 0.497 e. The van der Waals surface area contributed by atoms with Crippen molar-refractivity contribution in [3.8, 4) is 5.75 Å². The maximum absolute atomic E-state index is 5.83. The van der Waals surface area contributed by atoms with E-state index in [2.05, 4.69) is 15.5 Å². The van der Waals surface area contributed by atoms with Crippen molar-refractivity contribution < 1.29 is 9.26 Å². The summed E-state index contributed by atoms with van der Waals surface area (Å²) in [6.07, 6.45) is 0. The standard InChI is InChI=1S/C11H14N4O2/c1-7-14-11(15-17-7)6-13-10-5-8(16-2)3-4-9(10)12/h3-5,13H,6,12H2,1-2H3. The monoisotopic (exact) mass is 234 g/mol. The van der Waals surface area contributed by atoms with Crippen molar-refractivity contribution in [3.63, 3.8) is 0 Å². The molecule has 0 radical (unpaired) electrons. The van der Waals surface area contributed by atoms with Crippen LogP contribution >= 0.6 is 0 Å². The van der Waals surface area contributed by atoms with Gasteiger partial charge in [0.2, 0.25) is 5.89 Å². The smallest absolute Gasteiger partial charge is 0.223 e. The number of ether oxygens (including phenoxy) is 1. The van der Waals surface area contributed by atoms with Gasteiger partial charge < -0.3 is 20.3 Å². The molecular weight excluding hydrogens is 220 g/mol. The van der Waals surface area contributed by atoms with Gasteiger partial charge in [0.25, 0.3) is 0 Å². The van der Waals surface area contributed by atoms with Crippen molar-refractivity contribution in [2.45, 2.75) is 13.5 Å². The molecule has 0 atom stereocenters. The highest BCUT2D eigenvalue weighted by atomic mass is 16.5. The number of aromatic nitrogens is 2. The number of hydrogen-bond donors (Lipinski definition) is 2. The number of nitrogens with two attached hydrogens (primary N) is 1. The van der Waals surface area contributed by atoms with Gasteiger partial charge in [0.05, 0.1) is 25.0 Å². The van der Waals surface area contributed by atoms with Crippen LogP contribution in [0, 0.1) is 6.92 Å². The summed E-state index contributed by atoms with van der Waals surface area (Å²) in [7, 11) is 1.61. The fourth-order valence-corrected chi connectivity index (χ4v) is 1.40. The van der Waals surface area contributed by atoms with Gasteiger partial charge in [0, 0.05) is 13.0 Å². The number of anilines is 2. The summed E-state index contributed by atoms with van der Waals surface area (Å²) in [4.78, 5) is 4.09. The van der Waals surface area contributed by atoms with Gasteiger partial charge in [-0.15, -0.1) is 0 Å². The molecule has 0 aliphatic rings. The first-order chi connectivity index (χ1) is 8.19. The molecular formula is C11H14N4O2. The fourth-order valence-electron chi connectivity index (χ4n) is 1.40. The summed E-state index contributed by atoms with van der Waals surface area (Å²) >= 11 is 0. The molecule has 0 saturated heterocycles. The minimum Gasteiger partial charge on any atom is -0.497 e. The Morgan fingerprint density at radius 2 is 2.29 bits per heavy atom. The molecule has 0 spiro atoms. The molecule has 0 fully saturated rings. The van der Waals surface area contributed by atoms with Gasteiger partial charge in [-0.3, -0.25) is 0 Å². The Labute approximate surface area is 98.8 Å². The average Bonchev–Trinajstić information content (AvgIpc) is 2.74. The van der Waals surface area contributed by atoms with E-state index in [4.69, 9.17) is 15.0 Å². The van der Waals surface area contributed by atoms with Crippen molar-refractivity contribution >= 4 is 11.4 Å². The number of aryl methyl sites for hydroxylation is 1. The van der Waals surface area contributed by atoms with Gasteiger partial charge in [0.15, 0.2) is 5.82 Å². The molecule has 0 aliphatic carbocycles. The number of nitrogen functional groups attached to an aromatic ring is 1. The second kappa shape index (κ2) is 4.73. The predicted molar refractivity (Wildman–Crippen MR) is 63.8 cm³/mol. The van der Waals surface area contributed by atoms with E-state index < -0.39 is 0 Å². The first-order valence-corrected chi connectivity index (χ1v) is 5.15. The quantitative estimate of drug-likeness (QED) is 0.781. The summed E-state index contributed by atoms with van der Waals surface area (Å²) < 4.78 is 9.99. The maximum Gasteiger partial charge on any atom is 0.223 e. The Morgan fingerprint density at radius 3 is 2.94 bits per heavy atom. The highest BCUT2D eigenvalue weighted by Crippen LogP contribution is 2.24. The number of hydrogen-bond acceptors (Lipinski definition) is 6. The van der Waals surface area contributed by atoms with Gasteiger partial charge >= 0.3 is 0 Å². The van der Waals surface area contributed by atoms with Gasteiger partial charge in [0.1, 0.15) is 5.75 Å². The summed E-state index contributed by atoms with van der Waals surface area (Å²) in [5.74, 6) is 1.87. The molecule has 0 aliphatic heterocycles. The van der Waals surface area contributed by atoms with Crippen LogP contribution in [0.5, 0.6) is 5.75 Å². The Balaban J connectivity index is 2.07. The predicted octanol–water partition coefficient (Wildman–Crippen LogP) is 1.58. The molecule has 17 heavy (non-hydrogen) atoms. The molecule has 3 N–H and O–H groups in total. The van der Waals surface area contributed by atoms with Crippen LogP contribution in [0.25, 0.3) is 0 Å². The van der Waals surface area contributed by atoms with E-state index in [9.17, 15) is 0 Å². The highest BCUT2D eigenvalue weighted by molar-refractivity contribution is 5.68. The Bertz CT molecular complexity index is 510. The second-order valence-corrected chi connectivity index (χ2v) is 3.54. The average molecular weight is 234 g/mol. The summed E-state index contributed by atoms with van der Waals surface area (Å²) in [5.41, 5.74) is 7.26. The summed E-state index contributed by atoms with van der Waals surface area (Å²) in [6.45, 7) is 2.20. The van der Waals surface area contributed by atoms with Gasteiger partial charge in [-0.2, -0.15) is 4.98 Å². The Hall–Kier alpha value is -2.24. The summed E-state index contributed by atoms with van der Waals surface area (Å²) in [6, 6.07) is 5.41. The zero-order valence-electron chi connectivity index (χ0n) is 9.73. The van der Waals surface area contributed by atoms with Gasteiger partial charge in [-0.05, 0) is 12.1 Å². The highest BCUT2D eigenvalue weighted by Gasteiger charge is 2.04. The molecule has 2 aromatic rings. The van der Waals surface area contributed by atoms with Crippen LogP contribution in [-0.2, 0) is 6.54 Å². The lowest BCUT2D eigenvalue weighted by Gasteiger charge is -2.09. The summed E-state index contributed by atoms with van der Waals surface area (Å²) in [5, 5.41) is 6.91. The van der Waals surface area contributed by atoms with Crippen LogP contribution in [0.2, 0.25) is 0 Å². The van der Waals surface area contributed by atoms with Crippen molar-refractivity contribution in [1.82, 2.24) is 10.1 Å². The maximum atomic E-state index is 5.83. The molecule has 1 aromatic heterocycles. The second-order valence-electron chi connectivity index (χ2n) is 3.54. The van der Waals surface area contributed by atoms with E-state index in [-0.39, 0.29) is 0 Å². The van der Waals surface area contributed by atoms with E-state index in [1.807, 2.05) is 6.07 Å². The topological polar surface area (TPSA) is 86.2 Å². The molecule has 1 aromatic carbocycles. The Kier molecular flexibility index (Phi) is 3.13. The van der Waals surface area contributed by atoms with Crippen LogP contribution in [0.15, 0.2) is 22.7 Å². The van der Waals surface area contributed by atoms with E-state index in [0.717, 1.165) is 11.4 Å². The van der Waals surface area contributed by atoms with Crippen LogP contribution in [-0.4, -0.2) is 17.3 Å². The minimum atomic E-state index is 0.453. The number of nitrogens with one attached hydrogen (secondary N) is 1. The van der Waals surface area contributed by atoms with Gasteiger partial charge in [-0.25, -0.2) is 0 Å². The molecule has 0 unspecified atom stereocenters. The first-order valence-electron chi connectivity index (χ1n) is 5.15. The third-order valence-corrected chi connectivity index (χ3v) is 2.27. The molecule has 0 saturated carbocycles.